The van der Waals surface area contributed by atoms with E-state index < -0.39 is 0 Å². The lowest BCUT2D eigenvalue weighted by Crippen LogP contribution is -1.87. The van der Waals surface area contributed by atoms with Crippen LogP contribution in [0.2, 0.25) is 0 Å². The summed E-state index contributed by atoms with van der Waals surface area (Å²) in [6.45, 7) is 2.00. The summed E-state index contributed by atoms with van der Waals surface area (Å²) in [7, 11) is 0. The molecule has 1 aromatic carbocycles. The quantitative estimate of drug-likeness (QED) is 0.697. The highest BCUT2D eigenvalue weighted by atomic mass is 14.5. The summed E-state index contributed by atoms with van der Waals surface area (Å²) >= 11 is 0. The Labute approximate surface area is 78.3 Å². The summed E-state index contributed by atoms with van der Waals surface area (Å²) in [6, 6.07) is 7.80. The van der Waals surface area contributed by atoms with Crippen LogP contribution in [0.25, 0.3) is 6.08 Å². The molecule has 0 radical (unpaired) electrons. The Hall–Kier alpha value is -1.75. The molecule has 0 aliphatic rings. The second kappa shape index (κ2) is 4.32. The largest absolute Gasteiger partial charge is 0.399 e. The third-order valence-corrected chi connectivity index (χ3v) is 1.80. The summed E-state index contributed by atoms with van der Waals surface area (Å²) < 4.78 is 0. The van der Waals surface area contributed by atoms with Crippen molar-refractivity contribution in [2.24, 2.45) is 0 Å². The van der Waals surface area contributed by atoms with Crippen molar-refractivity contribution in [3.05, 3.63) is 35.4 Å². The number of benzene rings is 1. The number of rotatable bonds is 2. The number of nitriles is 1. The Kier molecular flexibility index (Phi) is 3.10. The Bertz CT molecular complexity index is 359. The van der Waals surface area contributed by atoms with E-state index in [1.807, 2.05) is 37.3 Å². The van der Waals surface area contributed by atoms with Gasteiger partial charge in [-0.3, -0.25) is 0 Å². The van der Waals surface area contributed by atoms with Crippen LogP contribution in [-0.4, -0.2) is 0 Å². The fraction of sp³-hybridized carbons (Fsp3) is 0.182. The van der Waals surface area contributed by atoms with Gasteiger partial charge in [0.05, 0.1) is 12.5 Å². The van der Waals surface area contributed by atoms with Crippen LogP contribution in [0.3, 0.4) is 0 Å². The molecule has 0 bridgehead atoms. The Morgan fingerprint density at radius 3 is 2.92 bits per heavy atom. The van der Waals surface area contributed by atoms with Gasteiger partial charge in [-0.1, -0.05) is 18.2 Å². The molecule has 0 unspecified atom stereocenters. The second-order valence-electron chi connectivity index (χ2n) is 2.88. The molecule has 0 spiro atoms. The lowest BCUT2D eigenvalue weighted by Gasteiger charge is -2.00. The predicted octanol–water partition coefficient (Wildman–Crippen LogP) is 2.50. The van der Waals surface area contributed by atoms with Gasteiger partial charge in [0.15, 0.2) is 0 Å². The lowest BCUT2D eigenvalue weighted by molar-refractivity contribution is 1.36. The smallest absolute Gasteiger partial charge is 0.0663 e. The van der Waals surface area contributed by atoms with E-state index in [2.05, 4.69) is 6.07 Å². The fourth-order valence-corrected chi connectivity index (χ4v) is 1.12. The maximum absolute atomic E-state index is 8.34. The Balaban J connectivity index is 2.85. The van der Waals surface area contributed by atoms with E-state index in [0.29, 0.717) is 6.42 Å². The van der Waals surface area contributed by atoms with Crippen molar-refractivity contribution in [3.63, 3.8) is 0 Å². The zero-order valence-electron chi connectivity index (χ0n) is 7.62. The number of anilines is 1. The molecule has 0 aromatic heterocycles. The fourth-order valence-electron chi connectivity index (χ4n) is 1.12. The van der Waals surface area contributed by atoms with E-state index >= 15 is 0 Å². The van der Waals surface area contributed by atoms with Crippen LogP contribution in [0.15, 0.2) is 24.3 Å². The van der Waals surface area contributed by atoms with Gasteiger partial charge in [-0.2, -0.15) is 5.26 Å². The summed E-state index contributed by atoms with van der Waals surface area (Å²) in [6.07, 6.45) is 4.24. The molecule has 0 amide bonds. The van der Waals surface area contributed by atoms with Crippen molar-refractivity contribution in [3.8, 4) is 6.07 Å². The summed E-state index contributed by atoms with van der Waals surface area (Å²) in [4.78, 5) is 0. The van der Waals surface area contributed by atoms with Gasteiger partial charge < -0.3 is 5.73 Å². The predicted molar refractivity (Wildman–Crippen MR) is 54.9 cm³/mol. The first-order valence-electron chi connectivity index (χ1n) is 4.13. The van der Waals surface area contributed by atoms with E-state index in [1.165, 1.54) is 0 Å². The van der Waals surface area contributed by atoms with E-state index in [4.69, 9.17) is 11.0 Å². The van der Waals surface area contributed by atoms with E-state index in [9.17, 15) is 0 Å². The van der Waals surface area contributed by atoms with E-state index in [1.54, 1.807) is 0 Å². The van der Waals surface area contributed by atoms with Gasteiger partial charge in [-0.15, -0.1) is 0 Å². The molecule has 1 rings (SSSR count). The average Bonchev–Trinajstić information content (AvgIpc) is 2.09. The first kappa shape index (κ1) is 9.34. The van der Waals surface area contributed by atoms with Gasteiger partial charge in [0.2, 0.25) is 0 Å². The molecule has 66 valence electrons. The molecule has 1 aromatic rings. The minimum atomic E-state index is 0.448. The van der Waals surface area contributed by atoms with Gasteiger partial charge in [0.1, 0.15) is 0 Å². The summed E-state index contributed by atoms with van der Waals surface area (Å²) in [5, 5.41) is 8.34. The Morgan fingerprint density at radius 2 is 2.31 bits per heavy atom. The SMILES string of the molecule is Cc1cc(N)ccc1C=CCC#N. The molecule has 0 atom stereocenters. The van der Waals surface area contributed by atoms with Gasteiger partial charge in [0.25, 0.3) is 0 Å². The minimum absolute atomic E-state index is 0.448. The van der Waals surface area contributed by atoms with Crippen molar-refractivity contribution in [2.75, 3.05) is 5.73 Å². The number of allylic oxidation sites excluding steroid dienone is 1. The third-order valence-electron chi connectivity index (χ3n) is 1.80. The van der Waals surface area contributed by atoms with Crippen LogP contribution >= 0.6 is 0 Å². The standard InChI is InChI=1S/C11H12N2/c1-9-8-11(13)6-5-10(9)4-2-3-7-12/h2,4-6,8H,3,13H2,1H3. The van der Waals surface area contributed by atoms with Gasteiger partial charge in [0, 0.05) is 5.69 Å². The van der Waals surface area contributed by atoms with Crippen molar-refractivity contribution in [1.82, 2.24) is 0 Å². The average molecular weight is 172 g/mol. The second-order valence-corrected chi connectivity index (χ2v) is 2.88. The molecule has 0 fully saturated rings. The molecule has 2 N–H and O–H groups in total. The molecule has 0 saturated heterocycles. The van der Waals surface area contributed by atoms with Crippen LogP contribution in [0.1, 0.15) is 17.5 Å². The first-order chi connectivity index (χ1) is 6.24. The number of nitrogens with two attached hydrogens (primary N) is 1. The third kappa shape index (κ3) is 2.64. The number of nitrogen functional groups attached to an aromatic ring is 1. The Morgan fingerprint density at radius 1 is 1.54 bits per heavy atom. The van der Waals surface area contributed by atoms with Gasteiger partial charge >= 0.3 is 0 Å². The number of hydrogen-bond donors (Lipinski definition) is 1. The number of aryl methyl sites for hydroxylation is 1. The molecule has 0 aliphatic heterocycles. The topological polar surface area (TPSA) is 49.8 Å². The van der Waals surface area contributed by atoms with E-state index in [-0.39, 0.29) is 0 Å². The van der Waals surface area contributed by atoms with Crippen molar-refractivity contribution in [1.29, 1.82) is 5.26 Å². The number of nitrogens with zero attached hydrogens (tertiary/aromatic N) is 1. The molecular formula is C11H12N2. The van der Waals surface area contributed by atoms with Crippen LogP contribution < -0.4 is 5.73 Å². The summed E-state index contributed by atoms with van der Waals surface area (Å²) in [5.41, 5.74) is 8.63. The molecule has 2 heteroatoms. The monoisotopic (exact) mass is 172 g/mol. The van der Waals surface area contributed by atoms with Crippen LogP contribution in [0.5, 0.6) is 0 Å². The number of hydrogen-bond acceptors (Lipinski definition) is 2. The molecule has 0 heterocycles. The zero-order chi connectivity index (χ0) is 9.68. The van der Waals surface area contributed by atoms with Crippen molar-refractivity contribution < 1.29 is 0 Å². The molecule has 13 heavy (non-hydrogen) atoms. The molecule has 0 saturated carbocycles. The van der Waals surface area contributed by atoms with Gasteiger partial charge in [-0.25, -0.2) is 0 Å². The van der Waals surface area contributed by atoms with Crippen LogP contribution in [0, 0.1) is 18.3 Å². The summed E-state index contributed by atoms with van der Waals surface area (Å²) in [5.74, 6) is 0. The van der Waals surface area contributed by atoms with Crippen LogP contribution in [-0.2, 0) is 0 Å². The molecular weight excluding hydrogens is 160 g/mol. The molecule has 2 nitrogen and oxygen atoms in total. The van der Waals surface area contributed by atoms with Gasteiger partial charge in [-0.05, 0) is 30.2 Å². The van der Waals surface area contributed by atoms with Crippen molar-refractivity contribution in [2.45, 2.75) is 13.3 Å². The minimum Gasteiger partial charge on any atom is -0.399 e. The highest BCUT2D eigenvalue weighted by Gasteiger charge is 1.93. The lowest BCUT2D eigenvalue weighted by atomic mass is 10.1. The zero-order valence-corrected chi connectivity index (χ0v) is 7.62. The molecule has 0 aliphatic carbocycles. The highest BCUT2D eigenvalue weighted by molar-refractivity contribution is 5.58. The normalized spacial score (nSPS) is 10.2. The van der Waals surface area contributed by atoms with E-state index in [0.717, 1.165) is 16.8 Å². The maximum Gasteiger partial charge on any atom is 0.0663 e. The highest BCUT2D eigenvalue weighted by Crippen LogP contribution is 2.13. The van der Waals surface area contributed by atoms with Crippen molar-refractivity contribution >= 4 is 11.8 Å². The maximum atomic E-state index is 8.34. The van der Waals surface area contributed by atoms with Crippen LogP contribution in [0.4, 0.5) is 5.69 Å². The first-order valence-corrected chi connectivity index (χ1v) is 4.13.